The molecule has 0 amide bonds. The Morgan fingerprint density at radius 2 is 1.95 bits per heavy atom. The Bertz CT molecular complexity index is 499. The van der Waals surface area contributed by atoms with Gasteiger partial charge in [-0.1, -0.05) is 6.92 Å². The zero-order chi connectivity index (χ0) is 14.3. The van der Waals surface area contributed by atoms with Gasteiger partial charge < -0.3 is 5.11 Å². The number of hydrogen-bond donors (Lipinski definition) is 1. The maximum absolute atomic E-state index is 11.1. The average molecular weight is 273 g/mol. The minimum atomic E-state index is -0.628. The predicted molar refractivity (Wildman–Crippen MR) is 77.5 cm³/mol. The molecule has 0 aliphatic heterocycles. The molecule has 0 bridgehead atoms. The minimum absolute atomic E-state index is 0.179. The van der Waals surface area contributed by atoms with E-state index in [4.69, 9.17) is 5.11 Å². The van der Waals surface area contributed by atoms with Crippen LogP contribution in [0, 0.1) is 30.6 Å². The van der Waals surface area contributed by atoms with Gasteiger partial charge in [0.15, 0.2) is 0 Å². The van der Waals surface area contributed by atoms with Crippen LogP contribution in [-0.2, 0) is 4.79 Å². The highest BCUT2D eigenvalue weighted by atomic mass is 16.4. The molecule has 1 N–H and O–H groups in total. The van der Waals surface area contributed by atoms with Crippen molar-refractivity contribution in [2.24, 2.45) is 23.7 Å². The summed E-state index contributed by atoms with van der Waals surface area (Å²) in [4.78, 5) is 15.4. The number of carboxylic acid groups (broad SMARTS) is 1. The van der Waals surface area contributed by atoms with E-state index in [1.807, 2.05) is 20.0 Å². The predicted octanol–water partition coefficient (Wildman–Crippen LogP) is 3.63. The molecular weight excluding hydrogens is 250 g/mol. The van der Waals surface area contributed by atoms with Crippen LogP contribution in [-0.4, -0.2) is 16.1 Å². The van der Waals surface area contributed by atoms with Crippen molar-refractivity contribution in [3.8, 4) is 0 Å². The third-order valence-electron chi connectivity index (χ3n) is 5.54. The van der Waals surface area contributed by atoms with Gasteiger partial charge in [-0.2, -0.15) is 0 Å². The Hall–Kier alpha value is -1.38. The highest BCUT2D eigenvalue weighted by molar-refractivity contribution is 5.69. The lowest BCUT2D eigenvalue weighted by Crippen LogP contribution is -2.19. The van der Waals surface area contributed by atoms with Crippen LogP contribution in [0.2, 0.25) is 0 Å². The van der Waals surface area contributed by atoms with E-state index in [0.29, 0.717) is 11.8 Å². The van der Waals surface area contributed by atoms with Gasteiger partial charge in [0.1, 0.15) is 0 Å². The number of nitrogens with zero attached hydrogens (tertiary/aromatic N) is 1. The van der Waals surface area contributed by atoms with Gasteiger partial charge in [-0.15, -0.1) is 0 Å². The van der Waals surface area contributed by atoms with Crippen molar-refractivity contribution in [1.29, 1.82) is 0 Å². The summed E-state index contributed by atoms with van der Waals surface area (Å²) < 4.78 is 0. The van der Waals surface area contributed by atoms with Crippen LogP contribution in [0.1, 0.15) is 49.8 Å². The SMILES string of the molecule is Cc1cc(C2C[C@@H]3CC(C(C)C(=O)O)C[C@@H]3C2)ccn1. The van der Waals surface area contributed by atoms with Gasteiger partial charge in [0.25, 0.3) is 0 Å². The summed E-state index contributed by atoms with van der Waals surface area (Å²) in [6, 6.07) is 4.36. The fourth-order valence-corrected chi connectivity index (χ4v) is 4.37. The molecule has 2 fully saturated rings. The van der Waals surface area contributed by atoms with Crippen LogP contribution in [0.3, 0.4) is 0 Å². The maximum atomic E-state index is 11.1. The zero-order valence-corrected chi connectivity index (χ0v) is 12.2. The quantitative estimate of drug-likeness (QED) is 0.915. The van der Waals surface area contributed by atoms with E-state index < -0.39 is 5.97 Å². The lowest BCUT2D eigenvalue weighted by atomic mass is 9.87. The molecule has 1 heterocycles. The van der Waals surface area contributed by atoms with Gasteiger partial charge in [-0.25, -0.2) is 0 Å². The van der Waals surface area contributed by atoms with Crippen molar-refractivity contribution in [1.82, 2.24) is 4.98 Å². The Morgan fingerprint density at radius 1 is 1.30 bits per heavy atom. The summed E-state index contributed by atoms with van der Waals surface area (Å²) >= 11 is 0. The van der Waals surface area contributed by atoms with Crippen molar-refractivity contribution >= 4 is 5.97 Å². The van der Waals surface area contributed by atoms with Gasteiger partial charge in [0.2, 0.25) is 0 Å². The number of aliphatic carboxylic acids is 1. The fraction of sp³-hybridized carbons (Fsp3) is 0.647. The van der Waals surface area contributed by atoms with E-state index >= 15 is 0 Å². The van der Waals surface area contributed by atoms with Gasteiger partial charge >= 0.3 is 5.97 Å². The van der Waals surface area contributed by atoms with E-state index in [1.165, 1.54) is 18.4 Å². The number of aromatic nitrogens is 1. The number of rotatable bonds is 3. The second-order valence-electron chi connectivity index (χ2n) is 6.78. The molecular formula is C17H23NO2. The van der Waals surface area contributed by atoms with Gasteiger partial charge in [-0.05, 0) is 74.0 Å². The Morgan fingerprint density at radius 3 is 2.50 bits per heavy atom. The van der Waals surface area contributed by atoms with Crippen LogP contribution in [0.15, 0.2) is 18.3 Å². The number of aryl methyl sites for hydroxylation is 1. The van der Waals surface area contributed by atoms with E-state index in [-0.39, 0.29) is 5.92 Å². The molecule has 2 aliphatic rings. The van der Waals surface area contributed by atoms with Crippen molar-refractivity contribution in [2.45, 2.75) is 45.4 Å². The molecule has 5 atom stereocenters. The molecule has 1 aromatic rings. The highest BCUT2D eigenvalue weighted by Crippen LogP contribution is 2.53. The first-order valence-corrected chi connectivity index (χ1v) is 7.70. The van der Waals surface area contributed by atoms with E-state index in [1.54, 1.807) is 0 Å². The van der Waals surface area contributed by atoms with Gasteiger partial charge in [-0.3, -0.25) is 9.78 Å². The molecule has 0 radical (unpaired) electrons. The van der Waals surface area contributed by atoms with Crippen LogP contribution >= 0.6 is 0 Å². The maximum Gasteiger partial charge on any atom is 0.306 e. The molecule has 3 heteroatoms. The van der Waals surface area contributed by atoms with Crippen molar-refractivity contribution < 1.29 is 9.90 Å². The first kappa shape index (κ1) is 13.6. The Balaban J connectivity index is 1.65. The second-order valence-corrected chi connectivity index (χ2v) is 6.78. The summed E-state index contributed by atoms with van der Waals surface area (Å²) in [6.07, 6.45) is 6.60. The molecule has 2 aliphatic carbocycles. The van der Waals surface area contributed by atoms with Crippen LogP contribution < -0.4 is 0 Å². The summed E-state index contributed by atoms with van der Waals surface area (Å²) in [5.74, 6) is 1.72. The number of hydrogen-bond acceptors (Lipinski definition) is 2. The van der Waals surface area contributed by atoms with Crippen molar-refractivity contribution in [3.63, 3.8) is 0 Å². The van der Waals surface area contributed by atoms with E-state index in [0.717, 1.165) is 30.4 Å². The molecule has 2 saturated carbocycles. The monoisotopic (exact) mass is 273 g/mol. The summed E-state index contributed by atoms with van der Waals surface area (Å²) in [5, 5.41) is 9.16. The summed E-state index contributed by atoms with van der Waals surface area (Å²) in [7, 11) is 0. The first-order valence-electron chi connectivity index (χ1n) is 7.70. The summed E-state index contributed by atoms with van der Waals surface area (Å²) in [6.45, 7) is 3.92. The average Bonchev–Trinajstić information content (AvgIpc) is 2.95. The Kier molecular flexibility index (Phi) is 3.53. The van der Waals surface area contributed by atoms with Crippen LogP contribution in [0.25, 0.3) is 0 Å². The second kappa shape index (κ2) is 5.19. The van der Waals surface area contributed by atoms with Crippen molar-refractivity contribution in [2.75, 3.05) is 0 Å². The highest BCUT2D eigenvalue weighted by Gasteiger charge is 2.44. The molecule has 0 saturated heterocycles. The first-order chi connectivity index (χ1) is 9.54. The number of fused-ring (bicyclic) bond motifs is 1. The third kappa shape index (κ3) is 2.46. The molecule has 0 aromatic carbocycles. The molecule has 3 rings (SSSR count). The Labute approximate surface area is 120 Å². The van der Waals surface area contributed by atoms with Crippen LogP contribution in [0.5, 0.6) is 0 Å². The number of carbonyl (C=O) groups is 1. The minimum Gasteiger partial charge on any atom is -0.481 e. The summed E-state index contributed by atoms with van der Waals surface area (Å²) in [5.41, 5.74) is 2.52. The van der Waals surface area contributed by atoms with Gasteiger partial charge in [0.05, 0.1) is 5.92 Å². The van der Waals surface area contributed by atoms with Crippen LogP contribution in [0.4, 0.5) is 0 Å². The van der Waals surface area contributed by atoms with Gasteiger partial charge in [0, 0.05) is 11.9 Å². The van der Waals surface area contributed by atoms with E-state index in [9.17, 15) is 4.79 Å². The number of pyridine rings is 1. The molecule has 1 aromatic heterocycles. The molecule has 20 heavy (non-hydrogen) atoms. The lowest BCUT2D eigenvalue weighted by Gasteiger charge is -2.18. The zero-order valence-electron chi connectivity index (χ0n) is 12.2. The standard InChI is InChI=1S/C17H23NO2/c1-10-5-12(3-4-18-10)14-8-15-6-13(7-16(15)9-14)11(2)17(19)20/h3-5,11,13-16H,6-9H2,1-2H3,(H,19,20)/t11?,13?,14?,15-,16+. The smallest absolute Gasteiger partial charge is 0.306 e. The third-order valence-corrected chi connectivity index (χ3v) is 5.54. The fourth-order valence-electron chi connectivity index (χ4n) is 4.37. The van der Waals surface area contributed by atoms with Crippen molar-refractivity contribution in [3.05, 3.63) is 29.6 Å². The van der Waals surface area contributed by atoms with E-state index in [2.05, 4.69) is 17.1 Å². The lowest BCUT2D eigenvalue weighted by molar-refractivity contribution is -0.142. The molecule has 3 unspecified atom stereocenters. The molecule has 3 nitrogen and oxygen atoms in total. The normalized spacial score (nSPS) is 33.9. The number of carboxylic acids is 1. The topological polar surface area (TPSA) is 50.2 Å². The largest absolute Gasteiger partial charge is 0.481 e. The molecule has 0 spiro atoms. The molecule has 108 valence electrons.